The van der Waals surface area contributed by atoms with Crippen LogP contribution in [0.2, 0.25) is 0 Å². The van der Waals surface area contributed by atoms with Gasteiger partial charge in [0.25, 0.3) is 0 Å². The van der Waals surface area contributed by atoms with Crippen molar-refractivity contribution in [3.05, 3.63) is 108 Å². The van der Waals surface area contributed by atoms with Crippen molar-refractivity contribution in [2.45, 2.75) is 6.92 Å². The Labute approximate surface area is 211 Å². The number of rotatable bonds is 5. The third-order valence-electron chi connectivity index (χ3n) is 5.89. The summed E-state index contributed by atoms with van der Waals surface area (Å²) in [6.45, 7) is 2.05. The molecule has 0 bridgehead atoms. The summed E-state index contributed by atoms with van der Waals surface area (Å²) in [5.74, 6) is 0.779. The fourth-order valence-corrected chi connectivity index (χ4v) is 11.3. The molecule has 5 aromatic rings. The Morgan fingerprint density at radius 3 is 2.18 bits per heavy atom. The molecule has 0 heterocycles. The van der Waals surface area contributed by atoms with E-state index in [1.54, 1.807) is 7.11 Å². The second kappa shape index (κ2) is 9.61. The summed E-state index contributed by atoms with van der Waals surface area (Å²) in [5, 5.41) is 4.80. The van der Waals surface area contributed by atoms with E-state index >= 15 is 0 Å². The molecule has 0 spiro atoms. The molecule has 0 atom stereocenters. The fourth-order valence-electron chi connectivity index (χ4n) is 4.14. The van der Waals surface area contributed by atoms with E-state index in [4.69, 9.17) is 27.7 Å². The second-order valence-electron chi connectivity index (χ2n) is 8.11. The number of aliphatic imine (C=N–C) groups is 1. The molecular weight excluding hydrogens is 577 g/mol. The van der Waals surface area contributed by atoms with Gasteiger partial charge in [-0.05, 0) is 0 Å². The van der Waals surface area contributed by atoms with Gasteiger partial charge in [0.2, 0.25) is 0 Å². The molecule has 170 valence electrons. The van der Waals surface area contributed by atoms with E-state index in [1.165, 1.54) is 21.5 Å². The Hall–Kier alpha value is -2.54. The molecule has 0 fully saturated rings. The van der Waals surface area contributed by atoms with Crippen LogP contribution >= 0.6 is 17.9 Å². The molecule has 5 rings (SSSR count). The van der Waals surface area contributed by atoms with E-state index in [9.17, 15) is 0 Å². The minimum absolute atomic E-state index is 0.779. The van der Waals surface area contributed by atoms with Crippen LogP contribution in [-0.4, -0.2) is 29.3 Å². The van der Waals surface area contributed by atoms with Crippen molar-refractivity contribution in [2.24, 2.45) is 4.99 Å². The van der Waals surface area contributed by atoms with Crippen molar-refractivity contribution in [3.63, 3.8) is 0 Å². The van der Waals surface area contributed by atoms with Gasteiger partial charge in [-0.1, -0.05) is 0 Å². The minimum atomic E-state index is -3.68. The molecule has 2 nitrogen and oxygen atoms in total. The first-order valence-electron chi connectivity index (χ1n) is 10.9. The van der Waals surface area contributed by atoms with Gasteiger partial charge in [0.1, 0.15) is 0 Å². The SMILES string of the molecule is COc1ccc([Te](Cl)(Cl)c2cc(C)ccc2N=Cc2cc3ccccc3c3ccccc23)cc1. The molecule has 0 aliphatic rings. The number of halogens is 2. The zero-order valence-electron chi connectivity index (χ0n) is 18.8. The second-order valence-corrected chi connectivity index (χ2v) is 20.7. The molecule has 5 heteroatoms. The molecule has 0 N–H and O–H groups in total. The standard InChI is InChI=1S/C29H23Cl2NOTe/c1-20-11-16-28(29(17-20)34(30,31)24-14-12-23(33-2)13-15-24)32-19-22-18-21-7-3-4-8-25(21)27-10-6-5-9-26(22)27/h3-19H,1-2H3. The average molecular weight is 600 g/mol. The number of benzene rings is 5. The van der Waals surface area contributed by atoms with Crippen molar-refractivity contribution in [2.75, 3.05) is 7.11 Å². The molecule has 0 amide bonds. The Morgan fingerprint density at radius 2 is 1.44 bits per heavy atom. The van der Waals surface area contributed by atoms with E-state index in [2.05, 4.69) is 66.7 Å². The Kier molecular flexibility index (Phi) is 6.56. The topological polar surface area (TPSA) is 21.6 Å². The summed E-state index contributed by atoms with van der Waals surface area (Å²) in [6, 6.07) is 32.9. The van der Waals surface area contributed by atoms with Crippen LogP contribution in [0.15, 0.2) is 102 Å². The van der Waals surface area contributed by atoms with Crippen molar-refractivity contribution in [1.29, 1.82) is 0 Å². The number of hydrogen-bond donors (Lipinski definition) is 0. The fraction of sp³-hybridized carbons (Fsp3) is 0.0690. The van der Waals surface area contributed by atoms with Gasteiger partial charge in [-0.25, -0.2) is 0 Å². The monoisotopic (exact) mass is 601 g/mol. The van der Waals surface area contributed by atoms with E-state index in [0.29, 0.717) is 0 Å². The van der Waals surface area contributed by atoms with Gasteiger partial charge in [0, 0.05) is 0 Å². The van der Waals surface area contributed by atoms with E-state index < -0.39 is 15.9 Å². The average Bonchev–Trinajstić information content (AvgIpc) is 2.87. The van der Waals surface area contributed by atoms with Gasteiger partial charge in [-0.15, -0.1) is 0 Å². The van der Waals surface area contributed by atoms with Crippen LogP contribution in [0, 0.1) is 6.92 Å². The van der Waals surface area contributed by atoms with Gasteiger partial charge < -0.3 is 0 Å². The van der Waals surface area contributed by atoms with Crippen LogP contribution in [0.4, 0.5) is 5.69 Å². The maximum atomic E-state index is 7.16. The molecule has 0 aliphatic heterocycles. The number of ether oxygens (including phenoxy) is 1. The first kappa shape index (κ1) is 23.2. The Bertz CT molecular complexity index is 1530. The van der Waals surface area contributed by atoms with Crippen molar-refractivity contribution < 1.29 is 4.74 Å². The normalized spacial score (nSPS) is 12.5. The molecule has 34 heavy (non-hydrogen) atoms. The Balaban J connectivity index is 1.62. The van der Waals surface area contributed by atoms with Gasteiger partial charge in [-0.3, -0.25) is 0 Å². The van der Waals surface area contributed by atoms with Crippen LogP contribution in [0.5, 0.6) is 5.75 Å². The van der Waals surface area contributed by atoms with Crippen molar-refractivity contribution in [3.8, 4) is 5.75 Å². The Morgan fingerprint density at radius 1 is 0.765 bits per heavy atom. The van der Waals surface area contributed by atoms with Gasteiger partial charge in [0.05, 0.1) is 0 Å². The summed E-state index contributed by atoms with van der Waals surface area (Å²) in [5.41, 5.74) is 2.98. The zero-order valence-corrected chi connectivity index (χ0v) is 22.7. The number of nitrogens with zero attached hydrogens (tertiary/aromatic N) is 1. The predicted octanol–water partition coefficient (Wildman–Crippen LogP) is 7.09. The van der Waals surface area contributed by atoms with Crippen LogP contribution in [-0.2, 0) is 0 Å². The van der Waals surface area contributed by atoms with Crippen molar-refractivity contribution in [1.82, 2.24) is 0 Å². The molecule has 0 radical (unpaired) electrons. The third-order valence-corrected chi connectivity index (χ3v) is 15.5. The molecule has 0 aromatic heterocycles. The molecule has 0 saturated heterocycles. The van der Waals surface area contributed by atoms with Crippen LogP contribution in [0.3, 0.4) is 0 Å². The number of methoxy groups -OCH3 is 1. The van der Waals surface area contributed by atoms with Gasteiger partial charge in [0.15, 0.2) is 0 Å². The van der Waals surface area contributed by atoms with E-state index in [0.717, 1.165) is 29.8 Å². The molecular formula is C29H23Cl2NOTe. The third kappa shape index (κ3) is 4.42. The summed E-state index contributed by atoms with van der Waals surface area (Å²) in [6.07, 6.45) is 1.93. The summed E-state index contributed by atoms with van der Waals surface area (Å²) in [7, 11) is 16.0. The number of hydrogen-bond acceptors (Lipinski definition) is 2. The summed E-state index contributed by atoms with van der Waals surface area (Å²) < 4.78 is 7.17. The first-order chi connectivity index (χ1) is 16.5. The molecule has 0 saturated carbocycles. The number of aryl methyl sites for hydroxylation is 1. The quantitative estimate of drug-likeness (QED) is 0.120. The molecule has 5 aromatic carbocycles. The van der Waals surface area contributed by atoms with Crippen LogP contribution in [0.25, 0.3) is 21.5 Å². The van der Waals surface area contributed by atoms with Crippen LogP contribution in [0.1, 0.15) is 11.1 Å². The zero-order chi connectivity index (χ0) is 23.7. The van der Waals surface area contributed by atoms with Crippen LogP contribution < -0.4 is 12.0 Å². The summed E-state index contributed by atoms with van der Waals surface area (Å²) in [4.78, 5) is 4.93. The first-order valence-corrected chi connectivity index (χ1v) is 19.1. The predicted molar refractivity (Wildman–Crippen MR) is 150 cm³/mol. The summed E-state index contributed by atoms with van der Waals surface area (Å²) >= 11 is -3.68. The van der Waals surface area contributed by atoms with E-state index in [-0.39, 0.29) is 0 Å². The van der Waals surface area contributed by atoms with Gasteiger partial charge >= 0.3 is 212 Å². The number of fused-ring (bicyclic) bond motifs is 3. The molecule has 0 unspecified atom stereocenters. The van der Waals surface area contributed by atoms with Gasteiger partial charge in [-0.2, -0.15) is 0 Å². The maximum absolute atomic E-state index is 7.16. The van der Waals surface area contributed by atoms with Crippen molar-refractivity contribution >= 4 is 74.5 Å². The van der Waals surface area contributed by atoms with E-state index in [1.807, 2.05) is 43.5 Å². The molecule has 0 aliphatic carbocycles.